The summed E-state index contributed by atoms with van der Waals surface area (Å²) in [5.41, 5.74) is 2.56. The lowest BCUT2D eigenvalue weighted by Crippen LogP contribution is -2.21. The molecule has 0 bridgehead atoms. The van der Waals surface area contributed by atoms with Crippen LogP contribution < -0.4 is 5.32 Å². The lowest BCUT2D eigenvalue weighted by molar-refractivity contribution is 0.420. The van der Waals surface area contributed by atoms with Crippen LogP contribution in [0, 0.1) is 0 Å². The Morgan fingerprint density at radius 3 is 3.11 bits per heavy atom. The molecule has 1 N–H and O–H groups in total. The number of hydrogen-bond acceptors (Lipinski definition) is 3. The van der Waals surface area contributed by atoms with E-state index in [1.54, 1.807) is 0 Å². The number of fused-ring (bicyclic) bond motifs is 1. The first-order valence-corrected chi connectivity index (χ1v) is 7.00. The van der Waals surface area contributed by atoms with Crippen molar-refractivity contribution in [1.82, 2.24) is 10.3 Å². The number of rotatable bonds is 4. The largest absolute Gasteiger partial charge is 0.464 e. The predicted molar refractivity (Wildman–Crippen MR) is 75.1 cm³/mol. The number of nitrogens with zero attached hydrogens (tertiary/aromatic N) is 1. The second kappa shape index (κ2) is 5.17. The third-order valence-electron chi connectivity index (χ3n) is 3.67. The van der Waals surface area contributed by atoms with Gasteiger partial charge in [0.2, 0.25) is 0 Å². The van der Waals surface area contributed by atoms with Gasteiger partial charge in [-0.15, -0.1) is 0 Å². The maximum absolute atomic E-state index is 5.97. The third-order valence-corrected chi connectivity index (χ3v) is 3.67. The van der Waals surface area contributed by atoms with E-state index in [0.717, 1.165) is 30.9 Å². The summed E-state index contributed by atoms with van der Waals surface area (Å²) in [6, 6.07) is 8.84. The van der Waals surface area contributed by atoms with Crippen molar-refractivity contribution >= 4 is 0 Å². The molecule has 2 aromatic heterocycles. The van der Waals surface area contributed by atoms with Gasteiger partial charge in [0.25, 0.3) is 0 Å². The molecule has 2 heterocycles. The lowest BCUT2D eigenvalue weighted by Gasteiger charge is -2.08. The first kappa shape index (κ1) is 12.4. The number of nitrogens with one attached hydrogen (secondary N) is 1. The van der Waals surface area contributed by atoms with Crippen LogP contribution in [0.2, 0.25) is 0 Å². The molecule has 0 saturated carbocycles. The topological polar surface area (TPSA) is 38.1 Å². The fourth-order valence-corrected chi connectivity index (χ4v) is 2.67. The second-order valence-corrected chi connectivity index (χ2v) is 5.48. The molecule has 1 atom stereocenters. The highest BCUT2D eigenvalue weighted by atomic mass is 16.3. The lowest BCUT2D eigenvalue weighted by atomic mass is 10.0. The van der Waals surface area contributed by atoms with Gasteiger partial charge in [-0.2, -0.15) is 0 Å². The molecule has 1 aliphatic carbocycles. The Labute approximate surface area is 114 Å². The van der Waals surface area contributed by atoms with Crippen LogP contribution in [-0.2, 0) is 13.0 Å². The quantitative estimate of drug-likeness (QED) is 0.912. The summed E-state index contributed by atoms with van der Waals surface area (Å²) in [5, 5.41) is 3.38. The summed E-state index contributed by atoms with van der Waals surface area (Å²) in [6.45, 7) is 5.07. The fraction of sp³-hybridized carbons (Fsp3) is 0.438. The van der Waals surface area contributed by atoms with Gasteiger partial charge in [0.05, 0.1) is 18.2 Å². The van der Waals surface area contributed by atoms with Crippen molar-refractivity contribution in [1.29, 1.82) is 0 Å². The van der Waals surface area contributed by atoms with Crippen molar-refractivity contribution in [2.24, 2.45) is 0 Å². The number of pyridine rings is 1. The van der Waals surface area contributed by atoms with E-state index in [-0.39, 0.29) is 0 Å². The van der Waals surface area contributed by atoms with Crippen molar-refractivity contribution in [3.8, 4) is 0 Å². The van der Waals surface area contributed by atoms with Crippen LogP contribution in [-0.4, -0.2) is 11.0 Å². The molecule has 0 aliphatic heterocycles. The molecule has 0 spiro atoms. The number of hydrogen-bond donors (Lipinski definition) is 1. The molecule has 0 amide bonds. The average molecular weight is 256 g/mol. The van der Waals surface area contributed by atoms with Gasteiger partial charge in [-0.05, 0) is 36.6 Å². The summed E-state index contributed by atoms with van der Waals surface area (Å²) >= 11 is 0. The molecule has 100 valence electrons. The number of aromatic nitrogens is 1. The van der Waals surface area contributed by atoms with Crippen LogP contribution in [0.15, 0.2) is 34.9 Å². The minimum atomic E-state index is 0.337. The molecule has 0 radical (unpaired) electrons. The zero-order valence-electron chi connectivity index (χ0n) is 11.5. The molecule has 1 unspecified atom stereocenters. The van der Waals surface area contributed by atoms with Gasteiger partial charge in [-0.3, -0.25) is 4.98 Å². The zero-order chi connectivity index (χ0) is 13.2. The van der Waals surface area contributed by atoms with E-state index >= 15 is 0 Å². The van der Waals surface area contributed by atoms with Gasteiger partial charge in [-0.1, -0.05) is 19.9 Å². The molecule has 0 saturated heterocycles. The predicted octanol–water partition coefficient (Wildman–Crippen LogP) is 3.25. The highest BCUT2D eigenvalue weighted by Gasteiger charge is 2.27. The van der Waals surface area contributed by atoms with Crippen LogP contribution in [0.5, 0.6) is 0 Å². The Kier molecular flexibility index (Phi) is 3.38. The fourth-order valence-electron chi connectivity index (χ4n) is 2.67. The molecule has 3 heteroatoms. The van der Waals surface area contributed by atoms with Crippen LogP contribution in [0.25, 0.3) is 0 Å². The number of furan rings is 1. The average Bonchev–Trinajstić information content (AvgIpc) is 3.02. The van der Waals surface area contributed by atoms with Crippen molar-refractivity contribution < 1.29 is 4.42 Å². The molecule has 3 nitrogen and oxygen atoms in total. The van der Waals surface area contributed by atoms with Crippen molar-refractivity contribution in [3.05, 3.63) is 53.2 Å². The first-order chi connectivity index (χ1) is 9.24. The highest BCUT2D eigenvalue weighted by molar-refractivity contribution is 5.34. The normalized spacial score (nSPS) is 17.9. The van der Waals surface area contributed by atoms with E-state index in [1.807, 2.05) is 12.3 Å². The zero-order valence-corrected chi connectivity index (χ0v) is 11.5. The Bertz CT molecular complexity index is 559. The monoisotopic (exact) mass is 256 g/mol. The van der Waals surface area contributed by atoms with Gasteiger partial charge in [-0.25, -0.2) is 0 Å². The first-order valence-electron chi connectivity index (χ1n) is 7.00. The van der Waals surface area contributed by atoms with Gasteiger partial charge in [0.1, 0.15) is 11.5 Å². The molecule has 19 heavy (non-hydrogen) atoms. The van der Waals surface area contributed by atoms with E-state index in [9.17, 15) is 0 Å². The van der Waals surface area contributed by atoms with Crippen molar-refractivity contribution in [2.45, 2.75) is 45.2 Å². The SMILES string of the molecule is CC(C)NCc1ccc(C2CCc3cccnc32)o1. The van der Waals surface area contributed by atoms with E-state index in [4.69, 9.17) is 4.42 Å². The van der Waals surface area contributed by atoms with E-state index < -0.39 is 0 Å². The summed E-state index contributed by atoms with van der Waals surface area (Å²) < 4.78 is 5.97. The minimum absolute atomic E-state index is 0.337. The van der Waals surface area contributed by atoms with Gasteiger partial charge < -0.3 is 9.73 Å². The maximum atomic E-state index is 5.97. The third kappa shape index (κ3) is 2.56. The Hall–Kier alpha value is -1.61. The van der Waals surface area contributed by atoms with Crippen LogP contribution >= 0.6 is 0 Å². The Morgan fingerprint density at radius 2 is 2.26 bits per heavy atom. The molecular weight excluding hydrogens is 236 g/mol. The van der Waals surface area contributed by atoms with E-state index in [1.165, 1.54) is 11.3 Å². The standard InChI is InChI=1S/C16H20N2O/c1-11(2)18-10-13-6-8-15(19-13)14-7-5-12-4-3-9-17-16(12)14/h3-4,6,8-9,11,14,18H,5,7,10H2,1-2H3. The van der Waals surface area contributed by atoms with E-state index in [0.29, 0.717) is 12.0 Å². The van der Waals surface area contributed by atoms with Crippen molar-refractivity contribution in [2.75, 3.05) is 0 Å². The molecule has 1 aliphatic rings. The maximum Gasteiger partial charge on any atom is 0.117 e. The summed E-state index contributed by atoms with van der Waals surface area (Å²) in [7, 11) is 0. The Morgan fingerprint density at radius 1 is 1.37 bits per heavy atom. The summed E-state index contributed by atoms with van der Waals surface area (Å²) in [6.07, 6.45) is 4.09. The van der Waals surface area contributed by atoms with Gasteiger partial charge in [0.15, 0.2) is 0 Å². The van der Waals surface area contributed by atoms with Crippen LogP contribution in [0.4, 0.5) is 0 Å². The summed E-state index contributed by atoms with van der Waals surface area (Å²) in [5.74, 6) is 2.40. The molecule has 0 aromatic carbocycles. The smallest absolute Gasteiger partial charge is 0.117 e. The Balaban J connectivity index is 1.77. The van der Waals surface area contributed by atoms with Gasteiger partial charge >= 0.3 is 0 Å². The molecule has 0 fully saturated rings. The molecular formula is C16H20N2O. The highest BCUT2D eigenvalue weighted by Crippen LogP contribution is 2.37. The minimum Gasteiger partial charge on any atom is -0.464 e. The van der Waals surface area contributed by atoms with Crippen LogP contribution in [0.3, 0.4) is 0 Å². The van der Waals surface area contributed by atoms with Crippen molar-refractivity contribution in [3.63, 3.8) is 0 Å². The summed E-state index contributed by atoms with van der Waals surface area (Å²) in [4.78, 5) is 4.52. The van der Waals surface area contributed by atoms with Crippen LogP contribution in [0.1, 0.15) is 49.0 Å². The second-order valence-electron chi connectivity index (χ2n) is 5.48. The molecule has 3 rings (SSSR count). The molecule has 2 aromatic rings. The number of aryl methyl sites for hydroxylation is 1. The van der Waals surface area contributed by atoms with E-state index in [2.05, 4.69) is 42.3 Å². The van der Waals surface area contributed by atoms with Gasteiger partial charge in [0, 0.05) is 12.2 Å².